The van der Waals surface area contributed by atoms with Gasteiger partial charge in [0, 0.05) is 31.1 Å². The van der Waals surface area contributed by atoms with E-state index in [2.05, 4.69) is 30.9 Å². The summed E-state index contributed by atoms with van der Waals surface area (Å²) < 4.78 is 32.2. The fourth-order valence-electron chi connectivity index (χ4n) is 9.95. The Bertz CT molecular complexity index is 2270. The van der Waals surface area contributed by atoms with Crippen LogP contribution in [0.5, 0.6) is 23.0 Å². The molecule has 62 heavy (non-hydrogen) atoms. The number of unbranched alkanes of at least 4 members (excludes halogenated alkanes) is 2. The van der Waals surface area contributed by atoms with E-state index in [0.29, 0.717) is 47.1 Å². The fourth-order valence-corrected chi connectivity index (χ4v) is 9.95. The highest BCUT2D eigenvalue weighted by Crippen LogP contribution is 2.62. The average molecular weight is 847 g/mol. The third kappa shape index (κ3) is 8.95. The van der Waals surface area contributed by atoms with Crippen LogP contribution in [0.4, 0.5) is 4.79 Å². The van der Waals surface area contributed by atoms with Gasteiger partial charge in [0.15, 0.2) is 6.29 Å². The molecule has 1 saturated carbocycles. The minimum absolute atomic E-state index is 0.0120. The van der Waals surface area contributed by atoms with E-state index in [9.17, 15) is 19.8 Å². The number of methoxy groups -OCH3 is 1. The highest BCUT2D eigenvalue weighted by molar-refractivity contribution is 6.03. The van der Waals surface area contributed by atoms with Gasteiger partial charge in [-0.1, -0.05) is 72.6 Å². The Balaban J connectivity index is 1.45. The second-order valence-electron chi connectivity index (χ2n) is 16.0. The van der Waals surface area contributed by atoms with Crippen LogP contribution >= 0.6 is 0 Å². The van der Waals surface area contributed by atoms with Crippen molar-refractivity contribution in [1.82, 2.24) is 4.90 Å². The number of aldehydes is 1. The van der Waals surface area contributed by atoms with Gasteiger partial charge in [-0.25, -0.2) is 4.79 Å². The minimum atomic E-state index is -1.47. The zero-order valence-electron chi connectivity index (χ0n) is 35.9. The van der Waals surface area contributed by atoms with Crippen molar-refractivity contribution in [1.29, 1.82) is 0 Å². The van der Waals surface area contributed by atoms with Crippen molar-refractivity contribution in [3.05, 3.63) is 120 Å². The summed E-state index contributed by atoms with van der Waals surface area (Å²) in [6.45, 7) is 6.47. The minimum Gasteiger partial charge on any atom is -0.496 e. The van der Waals surface area contributed by atoms with Crippen LogP contribution in [0.2, 0.25) is 0 Å². The second kappa shape index (κ2) is 20.5. The van der Waals surface area contributed by atoms with E-state index >= 15 is 0 Å². The molecule has 0 unspecified atom stereocenters. The lowest BCUT2D eigenvalue weighted by atomic mass is 9.55. The normalized spacial score (nSPS) is 23.0. The molecule has 1 aliphatic heterocycles. The zero-order valence-corrected chi connectivity index (χ0v) is 35.9. The Labute approximate surface area is 363 Å². The Morgan fingerprint density at radius 3 is 2.47 bits per heavy atom. The predicted molar refractivity (Wildman–Crippen MR) is 237 cm³/mol. The Hall–Kier alpha value is -5.69. The molecule has 0 spiro atoms. The number of fused-ring (bicyclic) bond motifs is 3. The summed E-state index contributed by atoms with van der Waals surface area (Å²) in [5.74, 6) is -0.156. The SMILES string of the molecule is C=CCO[C@@]12Oc3ccc(Oc4ccc(OC)c(C=O)c4)cc3[C@H]3[C@H](CCCCO)[C@@H](CCCCO)C=C(C(=NOC)C[C@@H]1N(Cc1cccc4ccccc14)C(=O)OCC)[C@H]32. The van der Waals surface area contributed by atoms with Gasteiger partial charge in [-0.05, 0) is 103 Å². The first-order valence-corrected chi connectivity index (χ1v) is 21.7. The fraction of sp³-hybridized carbons (Fsp3) is 0.420. The number of hydrogen-bond donors (Lipinski definition) is 2. The number of carbonyl (C=O) groups is 2. The van der Waals surface area contributed by atoms with Gasteiger partial charge in [-0.2, -0.15) is 0 Å². The van der Waals surface area contributed by atoms with E-state index in [1.807, 2.05) is 42.5 Å². The van der Waals surface area contributed by atoms with Gasteiger partial charge in [0.2, 0.25) is 5.79 Å². The molecule has 3 aliphatic rings. The smallest absolute Gasteiger partial charge is 0.410 e. The summed E-state index contributed by atoms with van der Waals surface area (Å²) in [7, 11) is 3.04. The topological polar surface area (TPSA) is 146 Å². The molecule has 6 atom stereocenters. The average Bonchev–Trinajstić information content (AvgIpc) is 3.29. The molecule has 12 heteroatoms. The molecule has 0 aromatic heterocycles. The van der Waals surface area contributed by atoms with Gasteiger partial charge in [0.25, 0.3) is 0 Å². The van der Waals surface area contributed by atoms with Crippen LogP contribution in [0, 0.1) is 17.8 Å². The molecule has 4 aromatic rings. The highest BCUT2D eigenvalue weighted by Gasteiger charge is 2.65. The predicted octanol–water partition coefficient (Wildman–Crippen LogP) is 9.38. The zero-order chi connectivity index (χ0) is 43.6. The van der Waals surface area contributed by atoms with Gasteiger partial charge in [-0.15, -0.1) is 6.58 Å². The highest BCUT2D eigenvalue weighted by atomic mass is 16.7. The number of allylic oxidation sites excluding steroid dienone is 1. The molecule has 0 saturated heterocycles. The molecule has 1 heterocycles. The van der Waals surface area contributed by atoms with Gasteiger partial charge in [-0.3, -0.25) is 9.69 Å². The number of hydrogen-bond acceptors (Lipinski definition) is 11. The number of ether oxygens (including phenoxy) is 5. The standard InChI is InChI=1S/C50H58N2O10/c1-5-26-60-50-46(52(49(56)59-6-2)31-35-17-13-16-33-14-7-8-18-39(33)35)30-43(51-58-4)41-28-34(15-9-11-24-53)40(19-10-12-25-54)47(48(41)50)42-29-38(21-23-45(42)62-50)61-37-20-22-44(57-3)36(27-37)32-55/h5,7-8,13-14,16-18,20-23,27-29,32,34,40,46-48,53-54H,1,6,9-12,15,19,24-26,30-31H2,2-4H3/t34-,40+,46-,47+,48+,50+/m0/s1. The van der Waals surface area contributed by atoms with Crippen molar-refractivity contribution in [2.45, 2.75) is 76.2 Å². The van der Waals surface area contributed by atoms with E-state index in [1.54, 1.807) is 36.1 Å². The second-order valence-corrected chi connectivity index (χ2v) is 16.0. The first-order valence-electron chi connectivity index (χ1n) is 21.7. The first-order chi connectivity index (χ1) is 30.3. The molecule has 7 rings (SSSR count). The summed E-state index contributed by atoms with van der Waals surface area (Å²) in [6.07, 6.45) is 8.91. The first kappa shape index (κ1) is 44.4. The van der Waals surface area contributed by atoms with Crippen molar-refractivity contribution < 1.29 is 48.3 Å². The van der Waals surface area contributed by atoms with E-state index in [0.717, 1.165) is 59.4 Å². The number of rotatable bonds is 20. The largest absolute Gasteiger partial charge is 0.496 e. The molecule has 2 aliphatic carbocycles. The summed E-state index contributed by atoms with van der Waals surface area (Å²) in [5, 5.41) is 26.6. The van der Waals surface area contributed by atoms with Gasteiger partial charge in [0.05, 0.1) is 44.1 Å². The van der Waals surface area contributed by atoms with Crippen molar-refractivity contribution in [2.75, 3.05) is 40.6 Å². The number of aliphatic hydroxyl groups excluding tert-OH is 2. The lowest BCUT2D eigenvalue weighted by Crippen LogP contribution is -2.70. The van der Waals surface area contributed by atoms with Gasteiger partial charge in [0.1, 0.15) is 36.1 Å². The molecule has 0 radical (unpaired) electrons. The third-order valence-electron chi connectivity index (χ3n) is 12.5. The summed E-state index contributed by atoms with van der Waals surface area (Å²) in [6, 6.07) is 24.2. The maximum atomic E-state index is 14.6. The number of oxime groups is 1. The number of aliphatic hydroxyl groups is 2. The van der Waals surface area contributed by atoms with E-state index in [-0.39, 0.29) is 57.1 Å². The van der Waals surface area contributed by atoms with Crippen molar-refractivity contribution >= 4 is 28.9 Å². The molecule has 328 valence electrons. The van der Waals surface area contributed by atoms with Crippen LogP contribution in [0.15, 0.2) is 108 Å². The number of amides is 1. The molecular formula is C50H58N2O10. The van der Waals surface area contributed by atoms with Crippen LogP contribution in [0.1, 0.15) is 79.3 Å². The number of carbonyl (C=O) groups excluding carboxylic acids is 2. The molecule has 0 bridgehead atoms. The monoisotopic (exact) mass is 846 g/mol. The summed E-state index contributed by atoms with van der Waals surface area (Å²) in [4.78, 5) is 33.9. The van der Waals surface area contributed by atoms with Gasteiger partial charge < -0.3 is 38.7 Å². The van der Waals surface area contributed by atoms with E-state index < -0.39 is 23.8 Å². The van der Waals surface area contributed by atoms with Crippen LogP contribution in [-0.2, 0) is 20.9 Å². The van der Waals surface area contributed by atoms with E-state index in [4.69, 9.17) is 33.7 Å². The summed E-state index contributed by atoms with van der Waals surface area (Å²) >= 11 is 0. The number of nitrogens with zero attached hydrogens (tertiary/aromatic N) is 2. The molecule has 2 N–H and O–H groups in total. The van der Waals surface area contributed by atoms with Crippen LogP contribution < -0.4 is 14.2 Å². The van der Waals surface area contributed by atoms with Crippen molar-refractivity contribution in [3.8, 4) is 23.0 Å². The lowest BCUT2D eigenvalue weighted by Gasteiger charge is -2.59. The number of benzene rings is 4. The van der Waals surface area contributed by atoms with Gasteiger partial charge >= 0.3 is 6.09 Å². The molecule has 1 amide bonds. The van der Waals surface area contributed by atoms with Crippen LogP contribution in [0.3, 0.4) is 0 Å². The van der Waals surface area contributed by atoms with Crippen molar-refractivity contribution in [3.63, 3.8) is 0 Å². The summed E-state index contributed by atoms with van der Waals surface area (Å²) in [5.41, 5.74) is 3.79. The molecule has 12 nitrogen and oxygen atoms in total. The quantitative estimate of drug-likeness (QED) is 0.0382. The molecule has 1 fully saturated rings. The molecular weight excluding hydrogens is 789 g/mol. The lowest BCUT2D eigenvalue weighted by molar-refractivity contribution is -0.256. The van der Waals surface area contributed by atoms with Crippen LogP contribution in [0.25, 0.3) is 10.8 Å². The third-order valence-corrected chi connectivity index (χ3v) is 12.5. The van der Waals surface area contributed by atoms with Crippen LogP contribution in [-0.4, -0.2) is 85.7 Å². The maximum Gasteiger partial charge on any atom is 0.410 e. The Morgan fingerprint density at radius 2 is 1.73 bits per heavy atom. The molecule has 4 aromatic carbocycles. The Morgan fingerprint density at radius 1 is 0.968 bits per heavy atom. The Kier molecular flexibility index (Phi) is 14.6. The van der Waals surface area contributed by atoms with Crippen molar-refractivity contribution in [2.24, 2.45) is 22.9 Å². The maximum absolute atomic E-state index is 14.6. The van der Waals surface area contributed by atoms with E-state index in [1.165, 1.54) is 14.2 Å².